The molecule has 0 spiro atoms. The van der Waals surface area contributed by atoms with E-state index in [0.29, 0.717) is 0 Å². The molecule has 0 saturated heterocycles. The van der Waals surface area contributed by atoms with Crippen molar-refractivity contribution in [3.05, 3.63) is 41.8 Å². The number of nitrogens with two attached hydrogens (primary N) is 2. The standard InChI is InChI=1S/C11H9FN4O2/c12-6-2-1-3-7(13)10(6)18-9-5-4-8(11(14)17)15-16-9/h1-5H,13H2,(H2,14,17). The molecule has 7 heteroatoms. The van der Waals surface area contributed by atoms with Gasteiger partial charge in [-0.25, -0.2) is 4.39 Å². The van der Waals surface area contributed by atoms with E-state index in [1.54, 1.807) is 0 Å². The molecule has 1 amide bonds. The molecular weight excluding hydrogens is 239 g/mol. The van der Waals surface area contributed by atoms with E-state index in [9.17, 15) is 9.18 Å². The predicted molar refractivity (Wildman–Crippen MR) is 61.4 cm³/mol. The molecule has 0 unspecified atom stereocenters. The summed E-state index contributed by atoms with van der Waals surface area (Å²) in [5.74, 6) is -1.45. The summed E-state index contributed by atoms with van der Waals surface area (Å²) in [5, 5.41) is 7.10. The van der Waals surface area contributed by atoms with Crippen molar-refractivity contribution in [2.45, 2.75) is 0 Å². The van der Waals surface area contributed by atoms with E-state index in [-0.39, 0.29) is 23.0 Å². The van der Waals surface area contributed by atoms with E-state index < -0.39 is 11.7 Å². The zero-order chi connectivity index (χ0) is 13.1. The summed E-state index contributed by atoms with van der Waals surface area (Å²) in [6, 6.07) is 6.82. The molecule has 6 nitrogen and oxygen atoms in total. The van der Waals surface area contributed by atoms with Crippen LogP contribution in [0.3, 0.4) is 0 Å². The summed E-state index contributed by atoms with van der Waals surface area (Å²) in [6.45, 7) is 0. The van der Waals surface area contributed by atoms with Crippen LogP contribution in [0.15, 0.2) is 30.3 Å². The molecule has 92 valence electrons. The van der Waals surface area contributed by atoms with Gasteiger partial charge in [0, 0.05) is 6.07 Å². The van der Waals surface area contributed by atoms with Crippen molar-refractivity contribution in [3.63, 3.8) is 0 Å². The molecule has 0 saturated carbocycles. The maximum atomic E-state index is 13.4. The van der Waals surface area contributed by atoms with E-state index in [2.05, 4.69) is 10.2 Å². The van der Waals surface area contributed by atoms with Crippen molar-refractivity contribution >= 4 is 11.6 Å². The van der Waals surface area contributed by atoms with Crippen LogP contribution in [0.5, 0.6) is 11.6 Å². The van der Waals surface area contributed by atoms with Crippen molar-refractivity contribution in [1.82, 2.24) is 10.2 Å². The minimum absolute atomic E-state index is 0.0103. The number of ether oxygens (including phenoxy) is 1. The lowest BCUT2D eigenvalue weighted by Gasteiger charge is -2.07. The lowest BCUT2D eigenvalue weighted by atomic mass is 10.3. The summed E-state index contributed by atoms with van der Waals surface area (Å²) in [7, 11) is 0. The number of carbonyl (C=O) groups excluding carboxylic acids is 1. The van der Waals surface area contributed by atoms with Gasteiger partial charge in [-0.2, -0.15) is 0 Å². The van der Waals surface area contributed by atoms with Gasteiger partial charge in [-0.3, -0.25) is 4.79 Å². The number of para-hydroxylation sites is 1. The average molecular weight is 248 g/mol. The average Bonchev–Trinajstić information content (AvgIpc) is 2.34. The number of hydrogen-bond acceptors (Lipinski definition) is 5. The quantitative estimate of drug-likeness (QED) is 0.791. The second kappa shape index (κ2) is 4.66. The third-order valence-electron chi connectivity index (χ3n) is 2.10. The van der Waals surface area contributed by atoms with Crippen molar-refractivity contribution in [2.75, 3.05) is 5.73 Å². The first-order valence-electron chi connectivity index (χ1n) is 4.93. The van der Waals surface area contributed by atoms with E-state index in [1.165, 1.54) is 30.3 Å². The SMILES string of the molecule is NC(=O)c1ccc(Oc2c(N)cccc2F)nn1. The number of nitrogens with zero attached hydrogens (tertiary/aromatic N) is 2. The minimum Gasteiger partial charge on any atom is -0.432 e. The first-order chi connectivity index (χ1) is 8.58. The van der Waals surface area contributed by atoms with Crippen LogP contribution in [0.4, 0.5) is 10.1 Å². The normalized spacial score (nSPS) is 10.1. The molecule has 0 radical (unpaired) electrons. The van der Waals surface area contributed by atoms with Gasteiger partial charge in [-0.05, 0) is 18.2 Å². The molecule has 0 aliphatic carbocycles. The number of benzene rings is 1. The highest BCUT2D eigenvalue weighted by molar-refractivity contribution is 5.90. The fraction of sp³-hybridized carbons (Fsp3) is 0. The van der Waals surface area contributed by atoms with Crippen LogP contribution in [0.1, 0.15) is 10.5 Å². The van der Waals surface area contributed by atoms with Crippen LogP contribution >= 0.6 is 0 Å². The molecule has 0 aliphatic rings. The Kier molecular flexibility index (Phi) is 3.05. The zero-order valence-electron chi connectivity index (χ0n) is 9.13. The largest absolute Gasteiger partial charge is 0.432 e. The first-order valence-corrected chi connectivity index (χ1v) is 4.93. The molecule has 1 aromatic heterocycles. The van der Waals surface area contributed by atoms with Gasteiger partial charge in [0.2, 0.25) is 5.88 Å². The van der Waals surface area contributed by atoms with Gasteiger partial charge in [0.05, 0.1) is 5.69 Å². The summed E-state index contributed by atoms with van der Waals surface area (Å²) in [5.41, 5.74) is 10.7. The number of rotatable bonds is 3. The third kappa shape index (κ3) is 2.34. The van der Waals surface area contributed by atoms with Crippen LogP contribution in [0.25, 0.3) is 0 Å². The molecule has 4 N–H and O–H groups in total. The molecule has 18 heavy (non-hydrogen) atoms. The van der Waals surface area contributed by atoms with E-state index in [0.717, 1.165) is 0 Å². The van der Waals surface area contributed by atoms with Gasteiger partial charge in [0.15, 0.2) is 17.3 Å². The molecule has 2 rings (SSSR count). The first kappa shape index (κ1) is 11.8. The number of anilines is 1. The molecule has 0 aliphatic heterocycles. The lowest BCUT2D eigenvalue weighted by Crippen LogP contribution is -2.13. The van der Waals surface area contributed by atoms with E-state index in [4.69, 9.17) is 16.2 Å². The Hall–Kier alpha value is -2.70. The minimum atomic E-state index is -0.709. The Bertz CT molecular complexity index is 566. The fourth-order valence-corrected chi connectivity index (χ4v) is 1.24. The molecule has 1 heterocycles. The number of hydrogen-bond donors (Lipinski definition) is 2. The maximum Gasteiger partial charge on any atom is 0.269 e. The maximum absolute atomic E-state index is 13.4. The second-order valence-corrected chi connectivity index (χ2v) is 3.38. The Morgan fingerprint density at radius 3 is 2.56 bits per heavy atom. The number of halogens is 1. The smallest absolute Gasteiger partial charge is 0.269 e. The highest BCUT2D eigenvalue weighted by Crippen LogP contribution is 2.28. The summed E-state index contributed by atoms with van der Waals surface area (Å²) >= 11 is 0. The zero-order valence-corrected chi connectivity index (χ0v) is 9.13. The van der Waals surface area contributed by atoms with Gasteiger partial charge in [-0.15, -0.1) is 10.2 Å². The number of carbonyl (C=O) groups is 1. The summed E-state index contributed by atoms with van der Waals surface area (Å²) < 4.78 is 18.6. The molecule has 0 fully saturated rings. The van der Waals surface area contributed by atoms with Crippen LogP contribution in [-0.4, -0.2) is 16.1 Å². The van der Waals surface area contributed by atoms with Gasteiger partial charge in [-0.1, -0.05) is 6.07 Å². The third-order valence-corrected chi connectivity index (χ3v) is 2.10. The van der Waals surface area contributed by atoms with Gasteiger partial charge in [0.25, 0.3) is 5.91 Å². The molecular formula is C11H9FN4O2. The van der Waals surface area contributed by atoms with Crippen LogP contribution in [0.2, 0.25) is 0 Å². The molecule has 0 atom stereocenters. The fourth-order valence-electron chi connectivity index (χ4n) is 1.24. The van der Waals surface area contributed by atoms with Crippen molar-refractivity contribution in [3.8, 4) is 11.6 Å². The topological polar surface area (TPSA) is 104 Å². The number of nitrogen functional groups attached to an aromatic ring is 1. The monoisotopic (exact) mass is 248 g/mol. The van der Waals surface area contributed by atoms with Gasteiger partial charge in [0.1, 0.15) is 0 Å². The summed E-state index contributed by atoms with van der Waals surface area (Å²) in [4.78, 5) is 10.8. The van der Waals surface area contributed by atoms with Crippen LogP contribution in [0, 0.1) is 5.82 Å². The number of aromatic nitrogens is 2. The second-order valence-electron chi connectivity index (χ2n) is 3.38. The van der Waals surface area contributed by atoms with Crippen LogP contribution in [-0.2, 0) is 0 Å². The van der Waals surface area contributed by atoms with E-state index >= 15 is 0 Å². The lowest BCUT2D eigenvalue weighted by molar-refractivity contribution is 0.0994. The van der Waals surface area contributed by atoms with Gasteiger partial charge < -0.3 is 16.2 Å². The Balaban J connectivity index is 2.26. The molecule has 1 aromatic carbocycles. The molecule has 0 bridgehead atoms. The highest BCUT2D eigenvalue weighted by Gasteiger charge is 2.10. The van der Waals surface area contributed by atoms with Crippen molar-refractivity contribution < 1.29 is 13.9 Å². The van der Waals surface area contributed by atoms with Crippen LogP contribution < -0.4 is 16.2 Å². The van der Waals surface area contributed by atoms with E-state index in [1.807, 2.05) is 0 Å². The Labute approximate surface area is 101 Å². The van der Waals surface area contributed by atoms with Gasteiger partial charge >= 0.3 is 0 Å². The summed E-state index contributed by atoms with van der Waals surface area (Å²) in [6.07, 6.45) is 0. The van der Waals surface area contributed by atoms with Crippen molar-refractivity contribution in [1.29, 1.82) is 0 Å². The van der Waals surface area contributed by atoms with Crippen molar-refractivity contribution in [2.24, 2.45) is 5.73 Å². The molecule has 2 aromatic rings. The predicted octanol–water partition coefficient (Wildman–Crippen LogP) is 1.09. The number of primary amides is 1. The Morgan fingerprint density at radius 2 is 2.00 bits per heavy atom. The highest BCUT2D eigenvalue weighted by atomic mass is 19.1. The number of amides is 1. The Morgan fingerprint density at radius 1 is 1.22 bits per heavy atom.